The molecule has 3 rings (SSSR count). The highest BCUT2D eigenvalue weighted by atomic mass is 35.5. The first-order chi connectivity index (χ1) is 11.4. The van der Waals surface area contributed by atoms with Crippen LogP contribution in [0.25, 0.3) is 0 Å². The Balaban J connectivity index is 1.68. The third kappa shape index (κ3) is 3.01. The number of hydrogen-bond donors (Lipinski definition) is 0. The molecule has 0 radical (unpaired) electrons. The summed E-state index contributed by atoms with van der Waals surface area (Å²) in [6, 6.07) is 2.87. The Hall–Kier alpha value is -1.63. The summed E-state index contributed by atoms with van der Waals surface area (Å²) in [7, 11) is 1.38. The van der Waals surface area contributed by atoms with Crippen LogP contribution in [0.2, 0.25) is 10.0 Å². The maximum atomic E-state index is 12.5. The first-order valence-electron chi connectivity index (χ1n) is 7.57. The van der Waals surface area contributed by atoms with Gasteiger partial charge in [-0.15, -0.1) is 0 Å². The molecule has 24 heavy (non-hydrogen) atoms. The summed E-state index contributed by atoms with van der Waals surface area (Å²) >= 11 is 11.9. The van der Waals surface area contributed by atoms with E-state index in [0.717, 1.165) is 0 Å². The maximum Gasteiger partial charge on any atom is 0.308 e. The van der Waals surface area contributed by atoms with Crippen LogP contribution in [0, 0.1) is 5.92 Å². The number of esters is 1. The highest BCUT2D eigenvalue weighted by Gasteiger charge is 2.38. The number of likely N-dealkylation sites (tertiary alicyclic amines) is 1. The van der Waals surface area contributed by atoms with Crippen LogP contribution in [0.4, 0.5) is 0 Å². The van der Waals surface area contributed by atoms with Crippen molar-refractivity contribution in [1.29, 1.82) is 0 Å². The number of ether oxygens (including phenoxy) is 1. The largest absolute Gasteiger partial charge is 0.469 e. The van der Waals surface area contributed by atoms with E-state index in [4.69, 9.17) is 27.9 Å². The van der Waals surface area contributed by atoms with Crippen molar-refractivity contribution in [2.45, 2.75) is 12.8 Å². The van der Waals surface area contributed by atoms with E-state index in [1.165, 1.54) is 24.1 Å². The number of imide groups is 1. The normalized spacial score (nSPS) is 18.9. The third-order valence-electron chi connectivity index (χ3n) is 4.48. The first kappa shape index (κ1) is 17.2. The minimum absolute atomic E-state index is 0.119. The molecule has 0 bridgehead atoms. The Morgan fingerprint density at radius 2 is 1.62 bits per heavy atom. The topological polar surface area (TPSA) is 66.9 Å². The number of fused-ring (bicyclic) bond motifs is 1. The van der Waals surface area contributed by atoms with E-state index in [-0.39, 0.29) is 51.5 Å². The number of carbonyl (C=O) groups excluding carboxylic acids is 3. The second kappa shape index (κ2) is 6.70. The van der Waals surface area contributed by atoms with Crippen LogP contribution in [0.1, 0.15) is 33.6 Å². The number of benzene rings is 1. The molecule has 0 unspecified atom stereocenters. The molecule has 1 aromatic rings. The van der Waals surface area contributed by atoms with E-state index in [1.54, 1.807) is 0 Å². The molecule has 0 spiro atoms. The van der Waals surface area contributed by atoms with E-state index in [9.17, 15) is 14.4 Å². The minimum atomic E-state index is -0.372. The van der Waals surface area contributed by atoms with Gasteiger partial charge < -0.3 is 4.74 Å². The minimum Gasteiger partial charge on any atom is -0.469 e. The van der Waals surface area contributed by atoms with E-state index in [0.29, 0.717) is 25.9 Å². The summed E-state index contributed by atoms with van der Waals surface area (Å²) in [5.41, 5.74) is 0.553. The second-order valence-electron chi connectivity index (χ2n) is 5.91. The molecule has 2 aliphatic heterocycles. The summed E-state index contributed by atoms with van der Waals surface area (Å²) in [6.07, 6.45) is 1.29. The average molecular weight is 371 g/mol. The molecule has 0 N–H and O–H groups in total. The number of amides is 2. The summed E-state index contributed by atoms with van der Waals surface area (Å²) in [4.78, 5) is 39.6. The smallest absolute Gasteiger partial charge is 0.308 e. The summed E-state index contributed by atoms with van der Waals surface area (Å²) in [6.45, 7) is 1.43. The highest BCUT2D eigenvalue weighted by Crippen LogP contribution is 2.32. The lowest BCUT2D eigenvalue weighted by molar-refractivity contribution is -0.147. The van der Waals surface area contributed by atoms with Gasteiger partial charge in [-0.2, -0.15) is 0 Å². The van der Waals surface area contributed by atoms with E-state index in [2.05, 4.69) is 0 Å². The zero-order chi connectivity index (χ0) is 17.4. The van der Waals surface area contributed by atoms with Gasteiger partial charge in [0.1, 0.15) is 0 Å². The molecule has 1 saturated heterocycles. The zero-order valence-corrected chi connectivity index (χ0v) is 14.6. The van der Waals surface area contributed by atoms with Crippen LogP contribution in [0.3, 0.4) is 0 Å². The van der Waals surface area contributed by atoms with Gasteiger partial charge in [0.15, 0.2) is 0 Å². The third-order valence-corrected chi connectivity index (χ3v) is 5.20. The van der Waals surface area contributed by atoms with Crippen LogP contribution < -0.4 is 0 Å². The lowest BCUT2D eigenvalue weighted by Crippen LogP contribution is -2.45. The lowest BCUT2D eigenvalue weighted by atomic mass is 9.97. The molecular weight excluding hydrogens is 355 g/mol. The van der Waals surface area contributed by atoms with E-state index < -0.39 is 0 Å². The second-order valence-corrected chi connectivity index (χ2v) is 6.72. The number of rotatable bonds is 3. The Morgan fingerprint density at radius 3 is 2.08 bits per heavy atom. The standard InChI is InChI=1S/C16H16Cl2N2O4/c1-24-16(23)9-2-4-19(5-3-9)8-20-14(21)10-6-12(17)13(18)7-11(10)15(20)22/h6-7,9H,2-5,8H2,1H3. The fourth-order valence-electron chi connectivity index (χ4n) is 3.09. The van der Waals surface area contributed by atoms with Gasteiger partial charge in [-0.25, -0.2) is 0 Å². The van der Waals surface area contributed by atoms with E-state index >= 15 is 0 Å². The fourth-order valence-corrected chi connectivity index (χ4v) is 3.42. The molecule has 128 valence electrons. The van der Waals surface area contributed by atoms with Crippen LogP contribution in [0.15, 0.2) is 12.1 Å². The van der Waals surface area contributed by atoms with Crippen LogP contribution in [-0.2, 0) is 9.53 Å². The first-order valence-corrected chi connectivity index (χ1v) is 8.33. The zero-order valence-electron chi connectivity index (χ0n) is 13.1. The molecule has 0 atom stereocenters. The number of methoxy groups -OCH3 is 1. The molecule has 2 amide bonds. The summed E-state index contributed by atoms with van der Waals surface area (Å²) in [5.74, 6) is -1.07. The van der Waals surface area contributed by atoms with Gasteiger partial charge in [0, 0.05) is 13.1 Å². The molecule has 2 heterocycles. The van der Waals surface area contributed by atoms with Crippen molar-refractivity contribution < 1.29 is 19.1 Å². The van der Waals surface area contributed by atoms with Gasteiger partial charge in [0.2, 0.25) is 0 Å². The number of piperidine rings is 1. The number of hydrogen-bond acceptors (Lipinski definition) is 5. The average Bonchev–Trinajstić information content (AvgIpc) is 2.80. The predicted octanol–water partition coefficient (Wildman–Crippen LogP) is 2.43. The van der Waals surface area contributed by atoms with Crippen molar-refractivity contribution in [2.75, 3.05) is 26.9 Å². The van der Waals surface area contributed by atoms with Crippen molar-refractivity contribution in [1.82, 2.24) is 9.80 Å². The van der Waals surface area contributed by atoms with Gasteiger partial charge in [0.05, 0.1) is 40.9 Å². The Labute approximate surface area is 149 Å². The van der Waals surface area contributed by atoms with Crippen molar-refractivity contribution >= 4 is 41.0 Å². The van der Waals surface area contributed by atoms with Gasteiger partial charge in [-0.3, -0.25) is 24.2 Å². The van der Waals surface area contributed by atoms with Gasteiger partial charge in [-0.05, 0) is 25.0 Å². The number of halogens is 2. The summed E-state index contributed by atoms with van der Waals surface area (Å²) < 4.78 is 4.76. The Bertz CT molecular complexity index is 673. The summed E-state index contributed by atoms with van der Waals surface area (Å²) in [5, 5.41) is 0.495. The van der Waals surface area contributed by atoms with Crippen molar-refractivity contribution in [3.8, 4) is 0 Å². The quantitative estimate of drug-likeness (QED) is 0.603. The van der Waals surface area contributed by atoms with E-state index in [1.807, 2.05) is 4.90 Å². The highest BCUT2D eigenvalue weighted by molar-refractivity contribution is 6.43. The predicted molar refractivity (Wildman–Crippen MR) is 88.1 cm³/mol. The van der Waals surface area contributed by atoms with Crippen LogP contribution in [0.5, 0.6) is 0 Å². The molecule has 0 aromatic heterocycles. The van der Waals surface area contributed by atoms with Gasteiger partial charge >= 0.3 is 5.97 Å². The Kier molecular flexibility index (Phi) is 4.80. The van der Waals surface area contributed by atoms with Crippen molar-refractivity contribution in [3.05, 3.63) is 33.3 Å². The molecule has 2 aliphatic rings. The molecule has 6 nitrogen and oxygen atoms in total. The fraction of sp³-hybridized carbons (Fsp3) is 0.438. The maximum absolute atomic E-state index is 12.5. The van der Waals surface area contributed by atoms with Crippen LogP contribution in [-0.4, -0.2) is 54.5 Å². The van der Waals surface area contributed by atoms with Crippen molar-refractivity contribution in [3.63, 3.8) is 0 Å². The van der Waals surface area contributed by atoms with Gasteiger partial charge in [-0.1, -0.05) is 23.2 Å². The molecule has 8 heteroatoms. The molecule has 1 fully saturated rings. The molecule has 1 aromatic carbocycles. The number of carbonyl (C=O) groups is 3. The lowest BCUT2D eigenvalue weighted by Gasteiger charge is -2.32. The molecule has 0 aliphatic carbocycles. The molecular formula is C16H16Cl2N2O4. The number of nitrogens with zero attached hydrogens (tertiary/aromatic N) is 2. The SMILES string of the molecule is COC(=O)C1CCN(CN2C(=O)c3cc(Cl)c(Cl)cc3C2=O)CC1. The Morgan fingerprint density at radius 1 is 1.12 bits per heavy atom. The molecule has 0 saturated carbocycles. The van der Waals surface area contributed by atoms with Crippen LogP contribution >= 0.6 is 23.2 Å². The van der Waals surface area contributed by atoms with Crippen molar-refractivity contribution in [2.24, 2.45) is 5.92 Å². The van der Waals surface area contributed by atoms with Gasteiger partial charge in [0.25, 0.3) is 11.8 Å². The monoisotopic (exact) mass is 370 g/mol.